The lowest BCUT2D eigenvalue weighted by atomic mass is 10.3. The molecule has 0 aliphatic rings. The van der Waals surface area contributed by atoms with E-state index in [9.17, 15) is 4.79 Å². The first-order valence-corrected chi connectivity index (χ1v) is 6.00. The molecular formula is C10H14INO. The number of hydrogen-bond acceptors (Lipinski definition) is 1. The minimum absolute atomic E-state index is 0.149. The van der Waals surface area contributed by atoms with E-state index in [1.165, 1.54) is 10.8 Å². The van der Waals surface area contributed by atoms with Crippen molar-refractivity contribution in [2.45, 2.75) is 26.3 Å². The Labute approximate surface area is 92.1 Å². The van der Waals surface area contributed by atoms with Gasteiger partial charge in [0.05, 0.1) is 0 Å². The van der Waals surface area contributed by atoms with Gasteiger partial charge < -0.3 is 4.57 Å². The zero-order valence-electron chi connectivity index (χ0n) is 7.79. The van der Waals surface area contributed by atoms with Crippen LogP contribution in [0.25, 0.3) is 0 Å². The number of halogens is 1. The number of aryl methyl sites for hydroxylation is 2. The third kappa shape index (κ3) is 3.14. The largest absolute Gasteiger partial charge is 0.315 e. The summed E-state index contributed by atoms with van der Waals surface area (Å²) in [5.74, 6) is 0. The summed E-state index contributed by atoms with van der Waals surface area (Å²) in [7, 11) is 0. The van der Waals surface area contributed by atoms with Crippen LogP contribution in [-0.4, -0.2) is 8.99 Å². The molecular weight excluding hydrogens is 277 g/mol. The molecule has 0 saturated heterocycles. The summed E-state index contributed by atoms with van der Waals surface area (Å²) in [6, 6.07) is 3.79. The second kappa shape index (κ2) is 5.42. The molecule has 0 radical (unpaired) electrons. The molecule has 3 heteroatoms. The summed E-state index contributed by atoms with van der Waals surface area (Å²) in [5, 5.41) is 0. The molecule has 1 rings (SSSR count). The van der Waals surface area contributed by atoms with Gasteiger partial charge in [-0.2, -0.15) is 0 Å². The van der Waals surface area contributed by atoms with E-state index in [0.717, 1.165) is 18.5 Å². The smallest absolute Gasteiger partial charge is 0.253 e. The molecule has 0 aliphatic carbocycles. The van der Waals surface area contributed by atoms with Crippen molar-refractivity contribution in [3.05, 3.63) is 34.2 Å². The molecule has 0 saturated carbocycles. The summed E-state index contributed by atoms with van der Waals surface area (Å²) >= 11 is 2.36. The van der Waals surface area contributed by atoms with Gasteiger partial charge in [-0.05, 0) is 30.3 Å². The molecule has 0 spiro atoms. The maximum absolute atomic E-state index is 11.5. The van der Waals surface area contributed by atoms with Crippen molar-refractivity contribution in [1.29, 1.82) is 0 Å². The molecule has 1 aromatic heterocycles. The highest BCUT2D eigenvalue weighted by molar-refractivity contribution is 14.1. The van der Waals surface area contributed by atoms with Gasteiger partial charge in [-0.15, -0.1) is 0 Å². The molecule has 0 amide bonds. The average molecular weight is 291 g/mol. The molecule has 0 aliphatic heterocycles. The van der Waals surface area contributed by atoms with Crippen LogP contribution in [0.2, 0.25) is 0 Å². The van der Waals surface area contributed by atoms with Gasteiger partial charge in [0.1, 0.15) is 0 Å². The molecule has 0 unspecified atom stereocenters. The highest BCUT2D eigenvalue weighted by atomic mass is 127. The fourth-order valence-electron chi connectivity index (χ4n) is 1.21. The number of nitrogens with zero attached hydrogens (tertiary/aromatic N) is 1. The SMILES string of the molecule is Cc1cccn(CCCCI)c1=O. The summed E-state index contributed by atoms with van der Waals surface area (Å²) in [6.07, 6.45) is 4.13. The molecule has 0 atom stereocenters. The Bertz CT molecular complexity index is 319. The summed E-state index contributed by atoms with van der Waals surface area (Å²) in [4.78, 5) is 11.5. The van der Waals surface area contributed by atoms with E-state index >= 15 is 0 Å². The first-order valence-electron chi connectivity index (χ1n) is 4.47. The highest BCUT2D eigenvalue weighted by Crippen LogP contribution is 1.97. The molecule has 0 fully saturated rings. The molecule has 72 valence electrons. The van der Waals surface area contributed by atoms with Gasteiger partial charge in [-0.3, -0.25) is 4.79 Å². The van der Waals surface area contributed by atoms with Gasteiger partial charge in [-0.1, -0.05) is 28.7 Å². The van der Waals surface area contributed by atoms with Crippen molar-refractivity contribution < 1.29 is 0 Å². The second-order valence-corrected chi connectivity index (χ2v) is 4.16. The van der Waals surface area contributed by atoms with E-state index in [2.05, 4.69) is 22.6 Å². The van der Waals surface area contributed by atoms with Crippen LogP contribution in [0.3, 0.4) is 0 Å². The number of alkyl halides is 1. The van der Waals surface area contributed by atoms with Gasteiger partial charge in [-0.25, -0.2) is 0 Å². The zero-order chi connectivity index (χ0) is 9.68. The third-order valence-electron chi connectivity index (χ3n) is 1.99. The van der Waals surface area contributed by atoms with Gasteiger partial charge in [0.2, 0.25) is 0 Å². The van der Waals surface area contributed by atoms with Crippen LogP contribution in [0.4, 0.5) is 0 Å². The molecule has 1 aromatic rings. The van der Waals surface area contributed by atoms with Crippen molar-refractivity contribution in [3.8, 4) is 0 Å². The average Bonchev–Trinajstić information content (AvgIpc) is 2.13. The fraction of sp³-hybridized carbons (Fsp3) is 0.500. The van der Waals surface area contributed by atoms with E-state index in [0.29, 0.717) is 0 Å². The van der Waals surface area contributed by atoms with E-state index < -0.39 is 0 Å². The fourth-order valence-corrected chi connectivity index (χ4v) is 1.75. The predicted molar refractivity (Wildman–Crippen MR) is 63.6 cm³/mol. The van der Waals surface area contributed by atoms with E-state index in [4.69, 9.17) is 0 Å². The zero-order valence-corrected chi connectivity index (χ0v) is 9.95. The topological polar surface area (TPSA) is 22.0 Å². The molecule has 0 aromatic carbocycles. The molecule has 13 heavy (non-hydrogen) atoms. The summed E-state index contributed by atoms with van der Waals surface area (Å²) in [5.41, 5.74) is 0.980. The van der Waals surface area contributed by atoms with Gasteiger partial charge in [0, 0.05) is 18.3 Å². The molecule has 2 nitrogen and oxygen atoms in total. The van der Waals surface area contributed by atoms with E-state index in [1.807, 2.05) is 25.3 Å². The first-order chi connectivity index (χ1) is 6.25. The Morgan fingerprint density at radius 3 is 2.92 bits per heavy atom. The minimum atomic E-state index is 0.149. The molecule has 0 N–H and O–H groups in total. The van der Waals surface area contributed by atoms with Crippen LogP contribution in [0, 0.1) is 6.92 Å². The Morgan fingerprint density at radius 2 is 2.23 bits per heavy atom. The Morgan fingerprint density at radius 1 is 1.46 bits per heavy atom. The number of aromatic nitrogens is 1. The summed E-state index contributed by atoms with van der Waals surface area (Å²) in [6.45, 7) is 2.71. The standard InChI is InChI=1S/C10H14INO/c1-9-5-4-8-12(10(9)13)7-3-2-6-11/h4-5,8H,2-3,6-7H2,1H3. The quantitative estimate of drug-likeness (QED) is 0.474. The highest BCUT2D eigenvalue weighted by Gasteiger charge is 1.96. The van der Waals surface area contributed by atoms with Crippen LogP contribution < -0.4 is 5.56 Å². The van der Waals surface area contributed by atoms with Crippen LogP contribution in [0.1, 0.15) is 18.4 Å². The van der Waals surface area contributed by atoms with E-state index in [1.54, 1.807) is 4.57 Å². The van der Waals surface area contributed by atoms with Gasteiger partial charge in [0.15, 0.2) is 0 Å². The van der Waals surface area contributed by atoms with Gasteiger partial charge >= 0.3 is 0 Å². The lowest BCUT2D eigenvalue weighted by Crippen LogP contribution is -2.21. The van der Waals surface area contributed by atoms with Crippen LogP contribution in [0.15, 0.2) is 23.1 Å². The maximum atomic E-state index is 11.5. The Balaban J connectivity index is 2.67. The Hall–Kier alpha value is -0.320. The summed E-state index contributed by atoms with van der Waals surface area (Å²) < 4.78 is 2.96. The van der Waals surface area contributed by atoms with Crippen LogP contribution >= 0.6 is 22.6 Å². The van der Waals surface area contributed by atoms with Crippen LogP contribution in [-0.2, 0) is 6.54 Å². The number of hydrogen-bond donors (Lipinski definition) is 0. The van der Waals surface area contributed by atoms with Gasteiger partial charge in [0.25, 0.3) is 5.56 Å². The van der Waals surface area contributed by atoms with Crippen LogP contribution in [0.5, 0.6) is 0 Å². The maximum Gasteiger partial charge on any atom is 0.253 e. The minimum Gasteiger partial charge on any atom is -0.315 e. The van der Waals surface area contributed by atoms with Crippen molar-refractivity contribution >= 4 is 22.6 Å². The molecule has 1 heterocycles. The first kappa shape index (κ1) is 10.8. The van der Waals surface area contributed by atoms with Crippen molar-refractivity contribution in [3.63, 3.8) is 0 Å². The van der Waals surface area contributed by atoms with Crippen molar-refractivity contribution in [1.82, 2.24) is 4.57 Å². The normalized spacial score (nSPS) is 10.3. The second-order valence-electron chi connectivity index (χ2n) is 3.09. The monoisotopic (exact) mass is 291 g/mol. The predicted octanol–water partition coefficient (Wildman–Crippen LogP) is 2.37. The van der Waals surface area contributed by atoms with Crippen molar-refractivity contribution in [2.24, 2.45) is 0 Å². The third-order valence-corrected chi connectivity index (χ3v) is 2.76. The lowest BCUT2D eigenvalue weighted by Gasteiger charge is -2.04. The number of rotatable bonds is 4. The number of pyridine rings is 1. The van der Waals surface area contributed by atoms with E-state index in [-0.39, 0.29) is 5.56 Å². The molecule has 0 bridgehead atoms. The lowest BCUT2D eigenvalue weighted by molar-refractivity contribution is 0.615. The Kier molecular flexibility index (Phi) is 4.48. The van der Waals surface area contributed by atoms with Crippen molar-refractivity contribution in [2.75, 3.05) is 4.43 Å². The number of unbranched alkanes of at least 4 members (excludes halogenated alkanes) is 1.